The van der Waals surface area contributed by atoms with Gasteiger partial charge in [0.1, 0.15) is 12.4 Å². The molecule has 166 valence electrons. The van der Waals surface area contributed by atoms with Crippen LogP contribution in [-0.2, 0) is 21.4 Å². The van der Waals surface area contributed by atoms with Gasteiger partial charge in [0.05, 0.1) is 5.75 Å². The van der Waals surface area contributed by atoms with E-state index in [9.17, 15) is 13.2 Å². The number of aromatic nitrogens is 1. The third kappa shape index (κ3) is 7.55. The van der Waals surface area contributed by atoms with Crippen LogP contribution in [0.3, 0.4) is 0 Å². The van der Waals surface area contributed by atoms with E-state index in [1.54, 1.807) is 49.7 Å². The fraction of sp³-hybridized carbons (Fsp3) is 0.167. The third-order valence-electron chi connectivity index (χ3n) is 4.33. The van der Waals surface area contributed by atoms with Crippen LogP contribution in [0, 0.1) is 0 Å². The summed E-state index contributed by atoms with van der Waals surface area (Å²) in [5, 5.41) is 2.74. The van der Waals surface area contributed by atoms with Crippen LogP contribution in [0.15, 0.2) is 79.1 Å². The molecule has 0 spiro atoms. The molecule has 0 atom stereocenters. The van der Waals surface area contributed by atoms with Crippen molar-refractivity contribution in [2.24, 2.45) is 0 Å². The fourth-order valence-corrected chi connectivity index (χ4v) is 3.94. The summed E-state index contributed by atoms with van der Waals surface area (Å²) >= 11 is 0. The highest BCUT2D eigenvalue weighted by molar-refractivity contribution is 7.92. The van der Waals surface area contributed by atoms with E-state index < -0.39 is 10.0 Å². The summed E-state index contributed by atoms with van der Waals surface area (Å²) in [7, 11) is -3.34. The SMILES string of the molecule is CCCS(=O)(=O)Nc1ccc(NC(=O)/C=C/c2ccc(OCc3cccnc3)cc2)cc1. The van der Waals surface area contributed by atoms with Crippen LogP contribution in [-0.4, -0.2) is 25.1 Å². The molecule has 2 aromatic carbocycles. The van der Waals surface area contributed by atoms with Crippen molar-refractivity contribution in [2.45, 2.75) is 20.0 Å². The van der Waals surface area contributed by atoms with Gasteiger partial charge in [-0.3, -0.25) is 14.5 Å². The monoisotopic (exact) mass is 451 g/mol. The van der Waals surface area contributed by atoms with Crippen LogP contribution in [0.1, 0.15) is 24.5 Å². The Morgan fingerprint density at radius 1 is 1.03 bits per heavy atom. The summed E-state index contributed by atoms with van der Waals surface area (Å²) in [6.07, 6.45) is 7.15. The number of nitrogens with one attached hydrogen (secondary N) is 2. The summed E-state index contributed by atoms with van der Waals surface area (Å²) < 4.78 is 31.8. The van der Waals surface area contributed by atoms with Crippen LogP contribution in [0.4, 0.5) is 11.4 Å². The lowest BCUT2D eigenvalue weighted by Crippen LogP contribution is -2.16. The molecule has 1 heterocycles. The summed E-state index contributed by atoms with van der Waals surface area (Å²) in [6.45, 7) is 2.24. The number of benzene rings is 2. The average molecular weight is 452 g/mol. The van der Waals surface area contributed by atoms with E-state index in [2.05, 4.69) is 15.0 Å². The van der Waals surface area contributed by atoms with Gasteiger partial charge >= 0.3 is 0 Å². The van der Waals surface area contributed by atoms with Crippen LogP contribution in [0.5, 0.6) is 5.75 Å². The zero-order valence-corrected chi connectivity index (χ0v) is 18.5. The highest BCUT2D eigenvalue weighted by atomic mass is 32.2. The quantitative estimate of drug-likeness (QED) is 0.444. The molecule has 0 aliphatic rings. The van der Waals surface area contributed by atoms with Gasteiger partial charge in [0.2, 0.25) is 15.9 Å². The molecule has 0 saturated carbocycles. The Balaban J connectivity index is 1.49. The molecule has 1 aromatic heterocycles. The summed E-state index contributed by atoms with van der Waals surface area (Å²) in [5.41, 5.74) is 2.86. The number of rotatable bonds is 10. The Labute approximate surface area is 188 Å². The Bertz CT molecular complexity index is 1140. The molecule has 3 rings (SSSR count). The van der Waals surface area contributed by atoms with Gasteiger partial charge in [-0.25, -0.2) is 8.42 Å². The summed E-state index contributed by atoms with van der Waals surface area (Å²) in [4.78, 5) is 16.2. The second-order valence-corrected chi connectivity index (χ2v) is 8.88. The van der Waals surface area contributed by atoms with Crippen molar-refractivity contribution in [3.8, 4) is 5.75 Å². The Kier molecular flexibility index (Phi) is 7.99. The highest BCUT2D eigenvalue weighted by Gasteiger charge is 2.08. The molecule has 1 amide bonds. The standard InChI is InChI=1S/C24H25N3O4S/c1-2-16-32(29,30)27-22-10-8-21(9-11-22)26-24(28)14-7-19-5-12-23(13-6-19)31-18-20-4-3-15-25-17-20/h3-15,17,27H,2,16,18H2,1H3,(H,26,28)/b14-7+. The average Bonchev–Trinajstić information content (AvgIpc) is 2.79. The Morgan fingerprint density at radius 3 is 2.41 bits per heavy atom. The molecule has 0 unspecified atom stereocenters. The van der Waals surface area contributed by atoms with Gasteiger partial charge in [0.15, 0.2) is 0 Å². The van der Waals surface area contributed by atoms with Crippen LogP contribution in [0.25, 0.3) is 6.08 Å². The lowest BCUT2D eigenvalue weighted by atomic mass is 10.2. The maximum absolute atomic E-state index is 12.2. The predicted octanol–water partition coefficient (Wildman–Crippen LogP) is 4.46. The molecule has 32 heavy (non-hydrogen) atoms. The number of pyridine rings is 1. The number of carbonyl (C=O) groups is 1. The Morgan fingerprint density at radius 2 is 1.75 bits per heavy atom. The van der Waals surface area contributed by atoms with Crippen molar-refractivity contribution in [3.05, 3.63) is 90.3 Å². The molecule has 8 heteroatoms. The number of nitrogens with zero attached hydrogens (tertiary/aromatic N) is 1. The fourth-order valence-electron chi connectivity index (χ4n) is 2.80. The summed E-state index contributed by atoms with van der Waals surface area (Å²) in [6, 6.07) is 17.7. The normalized spacial score (nSPS) is 11.3. The molecule has 0 bridgehead atoms. The zero-order chi connectivity index (χ0) is 22.8. The first-order valence-corrected chi connectivity index (χ1v) is 11.8. The largest absolute Gasteiger partial charge is 0.489 e. The molecule has 0 radical (unpaired) electrons. The molecule has 0 saturated heterocycles. The highest BCUT2D eigenvalue weighted by Crippen LogP contribution is 2.17. The predicted molar refractivity (Wildman–Crippen MR) is 127 cm³/mol. The molecular formula is C24H25N3O4S. The van der Waals surface area contributed by atoms with Crippen molar-refractivity contribution >= 4 is 33.4 Å². The second kappa shape index (κ2) is 11.1. The van der Waals surface area contributed by atoms with Crippen molar-refractivity contribution in [1.82, 2.24) is 4.98 Å². The maximum atomic E-state index is 12.2. The number of ether oxygens (including phenoxy) is 1. The van der Waals surface area contributed by atoms with Gasteiger partial charge < -0.3 is 10.1 Å². The lowest BCUT2D eigenvalue weighted by Gasteiger charge is -2.08. The van der Waals surface area contributed by atoms with Crippen LogP contribution >= 0.6 is 0 Å². The van der Waals surface area contributed by atoms with Crippen molar-refractivity contribution in [1.29, 1.82) is 0 Å². The molecule has 7 nitrogen and oxygen atoms in total. The van der Waals surface area contributed by atoms with E-state index in [0.717, 1.165) is 16.9 Å². The molecule has 0 aliphatic heterocycles. The number of sulfonamides is 1. The molecule has 2 N–H and O–H groups in total. The van der Waals surface area contributed by atoms with Gasteiger partial charge in [-0.2, -0.15) is 0 Å². The van der Waals surface area contributed by atoms with E-state index in [4.69, 9.17) is 4.74 Å². The molecule has 0 fully saturated rings. The van der Waals surface area contributed by atoms with Gasteiger partial charge in [-0.15, -0.1) is 0 Å². The minimum Gasteiger partial charge on any atom is -0.489 e. The minimum absolute atomic E-state index is 0.0634. The molecular weight excluding hydrogens is 426 g/mol. The first kappa shape index (κ1) is 23.0. The number of hydrogen-bond donors (Lipinski definition) is 2. The van der Waals surface area contributed by atoms with Crippen molar-refractivity contribution < 1.29 is 17.9 Å². The zero-order valence-electron chi connectivity index (χ0n) is 17.7. The topological polar surface area (TPSA) is 97.4 Å². The Hall–Kier alpha value is -3.65. The second-order valence-electron chi connectivity index (χ2n) is 7.04. The summed E-state index contributed by atoms with van der Waals surface area (Å²) in [5.74, 6) is 0.500. The lowest BCUT2D eigenvalue weighted by molar-refractivity contribution is -0.111. The van der Waals surface area contributed by atoms with Gasteiger partial charge in [-0.05, 0) is 60.5 Å². The number of amides is 1. The van der Waals surface area contributed by atoms with Crippen LogP contribution < -0.4 is 14.8 Å². The van der Waals surface area contributed by atoms with Gasteiger partial charge in [-0.1, -0.05) is 25.1 Å². The minimum atomic E-state index is -3.34. The first-order chi connectivity index (χ1) is 15.4. The number of carbonyl (C=O) groups excluding carboxylic acids is 1. The molecule has 3 aromatic rings. The number of anilines is 2. The van der Waals surface area contributed by atoms with Crippen LogP contribution in [0.2, 0.25) is 0 Å². The van der Waals surface area contributed by atoms with E-state index in [1.165, 1.54) is 6.08 Å². The molecule has 0 aliphatic carbocycles. The maximum Gasteiger partial charge on any atom is 0.248 e. The number of hydrogen-bond acceptors (Lipinski definition) is 5. The first-order valence-electron chi connectivity index (χ1n) is 10.1. The van der Waals surface area contributed by atoms with E-state index in [-0.39, 0.29) is 11.7 Å². The van der Waals surface area contributed by atoms with E-state index in [1.807, 2.05) is 36.4 Å². The van der Waals surface area contributed by atoms with Crippen molar-refractivity contribution in [3.63, 3.8) is 0 Å². The third-order valence-corrected chi connectivity index (χ3v) is 5.83. The van der Waals surface area contributed by atoms with E-state index in [0.29, 0.717) is 24.4 Å². The van der Waals surface area contributed by atoms with Gasteiger partial charge in [0, 0.05) is 35.4 Å². The van der Waals surface area contributed by atoms with Gasteiger partial charge in [0.25, 0.3) is 0 Å². The van der Waals surface area contributed by atoms with Crippen molar-refractivity contribution in [2.75, 3.05) is 15.8 Å². The smallest absolute Gasteiger partial charge is 0.248 e. The van der Waals surface area contributed by atoms with E-state index >= 15 is 0 Å².